The van der Waals surface area contributed by atoms with Crippen LogP contribution in [0.3, 0.4) is 0 Å². The third kappa shape index (κ3) is 4.21. The van der Waals surface area contributed by atoms with E-state index in [1.165, 1.54) is 13.2 Å². The topological polar surface area (TPSA) is 49.7 Å². The van der Waals surface area contributed by atoms with Gasteiger partial charge in [-0.25, -0.2) is 17.6 Å². The number of alkyl halides is 2. The lowest BCUT2D eigenvalue weighted by Crippen LogP contribution is -2.73. The molecule has 0 N–H and O–H groups in total. The van der Waals surface area contributed by atoms with Gasteiger partial charge in [-0.2, -0.15) is 0 Å². The van der Waals surface area contributed by atoms with E-state index in [0.717, 1.165) is 17.3 Å². The van der Waals surface area contributed by atoms with Gasteiger partial charge in [0.25, 0.3) is 5.92 Å². The summed E-state index contributed by atoms with van der Waals surface area (Å²) in [6, 6.07) is 7.75. The molecule has 0 radical (unpaired) electrons. The van der Waals surface area contributed by atoms with Crippen molar-refractivity contribution in [2.75, 3.05) is 49.6 Å². The number of aromatic nitrogens is 3. The summed E-state index contributed by atoms with van der Waals surface area (Å²) in [6.07, 6.45) is 1.14. The van der Waals surface area contributed by atoms with Crippen LogP contribution in [-0.2, 0) is 13.1 Å². The molecule has 7 nitrogen and oxygen atoms in total. The molecule has 1 spiro atoms. The number of methoxy groups -OCH3 is 1. The maximum absolute atomic E-state index is 14.8. The molecule has 3 aliphatic heterocycles. The van der Waals surface area contributed by atoms with Gasteiger partial charge in [0.15, 0.2) is 17.4 Å². The Morgan fingerprint density at radius 3 is 2.44 bits per heavy atom. The summed E-state index contributed by atoms with van der Waals surface area (Å²) in [5.74, 6) is -3.36. The molecule has 7 rings (SSSR count). The molecule has 206 valence electrons. The van der Waals surface area contributed by atoms with Gasteiger partial charge in [-0.15, -0.1) is 10.2 Å². The number of hydrogen-bond acceptors (Lipinski definition) is 6. The second-order valence-electron chi connectivity index (χ2n) is 11.4. The van der Waals surface area contributed by atoms with Gasteiger partial charge < -0.3 is 14.5 Å². The molecule has 0 bridgehead atoms. The van der Waals surface area contributed by atoms with Crippen molar-refractivity contribution in [3.8, 4) is 11.4 Å². The molecule has 39 heavy (non-hydrogen) atoms. The monoisotopic (exact) mass is 562 g/mol. The smallest absolute Gasteiger partial charge is 0.263 e. The molecule has 4 aliphatic rings. The maximum Gasteiger partial charge on any atom is 0.263 e. The standard InChI is InChI=1S/C27H27ClF4N6O/c1-39-23-8-22(19(29)7-20(23)30)36-11-26(12-36)13-37(14-26)25-34-33-24-10-35(15-27(31,32)17-2-3-17)9-16-6-18(28)4-5-21(16)38(24)25/h4-8,17H,2-3,9-15H2,1H3. The SMILES string of the molecule is COc1cc(N2CC3(C2)CN(c2nnc4n2-c2ccc(Cl)cc2CN(CC(F)(F)C2CC2)C4)C3)c(F)cc1F. The van der Waals surface area contributed by atoms with E-state index in [2.05, 4.69) is 15.1 Å². The fourth-order valence-corrected chi connectivity index (χ4v) is 6.45. The first-order chi connectivity index (χ1) is 18.6. The molecule has 1 aromatic heterocycles. The third-order valence-electron chi connectivity index (χ3n) is 8.31. The molecule has 3 aromatic rings. The summed E-state index contributed by atoms with van der Waals surface area (Å²) in [7, 11) is 1.35. The van der Waals surface area contributed by atoms with E-state index in [-0.39, 0.29) is 24.3 Å². The van der Waals surface area contributed by atoms with E-state index >= 15 is 0 Å². The van der Waals surface area contributed by atoms with Crippen LogP contribution in [0.5, 0.6) is 5.75 Å². The predicted molar refractivity (Wildman–Crippen MR) is 138 cm³/mol. The second kappa shape index (κ2) is 8.72. The maximum atomic E-state index is 14.8. The summed E-state index contributed by atoms with van der Waals surface area (Å²) in [6.45, 7) is 2.87. The van der Waals surface area contributed by atoms with Crippen LogP contribution in [0.1, 0.15) is 24.2 Å². The first-order valence-corrected chi connectivity index (χ1v) is 13.4. The molecule has 0 unspecified atom stereocenters. The van der Waals surface area contributed by atoms with E-state index in [4.69, 9.17) is 16.3 Å². The van der Waals surface area contributed by atoms with Crippen molar-refractivity contribution in [2.45, 2.75) is 31.9 Å². The van der Waals surface area contributed by atoms with E-state index in [1.54, 1.807) is 11.0 Å². The van der Waals surface area contributed by atoms with Crippen LogP contribution in [0.2, 0.25) is 5.02 Å². The van der Waals surface area contributed by atoms with Gasteiger partial charge in [0.05, 0.1) is 31.6 Å². The van der Waals surface area contributed by atoms with Crippen molar-refractivity contribution in [1.82, 2.24) is 19.7 Å². The van der Waals surface area contributed by atoms with E-state index < -0.39 is 23.5 Å². The third-order valence-corrected chi connectivity index (χ3v) is 8.55. The van der Waals surface area contributed by atoms with Gasteiger partial charge in [0.1, 0.15) is 5.82 Å². The van der Waals surface area contributed by atoms with Crippen molar-refractivity contribution in [1.29, 1.82) is 0 Å². The van der Waals surface area contributed by atoms with E-state index in [1.807, 2.05) is 21.6 Å². The van der Waals surface area contributed by atoms with Gasteiger partial charge in [0, 0.05) is 61.2 Å². The van der Waals surface area contributed by atoms with E-state index in [0.29, 0.717) is 68.0 Å². The van der Waals surface area contributed by atoms with Crippen molar-refractivity contribution in [3.05, 3.63) is 58.4 Å². The number of nitrogens with zero attached hydrogens (tertiary/aromatic N) is 6. The van der Waals surface area contributed by atoms with Crippen LogP contribution < -0.4 is 14.5 Å². The lowest BCUT2D eigenvalue weighted by molar-refractivity contribution is -0.0558. The Balaban J connectivity index is 1.11. The van der Waals surface area contributed by atoms with Crippen molar-refractivity contribution < 1.29 is 22.3 Å². The average Bonchev–Trinajstić information content (AvgIpc) is 3.63. The Morgan fingerprint density at radius 1 is 0.974 bits per heavy atom. The van der Waals surface area contributed by atoms with Gasteiger partial charge >= 0.3 is 0 Å². The minimum Gasteiger partial charge on any atom is -0.494 e. The minimum atomic E-state index is -2.75. The number of benzene rings is 2. The van der Waals surface area contributed by atoms with Crippen LogP contribution in [0, 0.1) is 23.0 Å². The summed E-state index contributed by atoms with van der Waals surface area (Å²) in [5, 5.41) is 9.43. The zero-order chi connectivity index (χ0) is 27.1. The molecule has 4 heterocycles. The number of anilines is 2. The Labute approximate surface area is 227 Å². The summed E-state index contributed by atoms with van der Waals surface area (Å²) in [4.78, 5) is 5.73. The van der Waals surface area contributed by atoms with Crippen molar-refractivity contribution in [2.24, 2.45) is 11.3 Å². The van der Waals surface area contributed by atoms with Crippen molar-refractivity contribution >= 4 is 23.2 Å². The molecular weight excluding hydrogens is 536 g/mol. The quantitative estimate of drug-likeness (QED) is 0.399. The lowest BCUT2D eigenvalue weighted by atomic mass is 9.72. The Hall–Kier alpha value is -3.05. The predicted octanol–water partition coefficient (Wildman–Crippen LogP) is 4.90. The minimum absolute atomic E-state index is 0.0106. The molecule has 1 aliphatic carbocycles. The largest absolute Gasteiger partial charge is 0.494 e. The summed E-state index contributed by atoms with van der Waals surface area (Å²) < 4.78 is 64.8. The van der Waals surface area contributed by atoms with Crippen LogP contribution in [0.4, 0.5) is 29.2 Å². The highest BCUT2D eigenvalue weighted by molar-refractivity contribution is 6.30. The molecule has 2 saturated heterocycles. The van der Waals surface area contributed by atoms with Gasteiger partial charge in [-0.3, -0.25) is 9.47 Å². The van der Waals surface area contributed by atoms with Crippen LogP contribution >= 0.6 is 11.6 Å². The molecule has 0 amide bonds. The zero-order valence-electron chi connectivity index (χ0n) is 21.3. The van der Waals surface area contributed by atoms with Crippen molar-refractivity contribution in [3.63, 3.8) is 0 Å². The van der Waals surface area contributed by atoms with Gasteiger partial charge in [0.2, 0.25) is 5.95 Å². The molecule has 12 heteroatoms. The number of rotatable bonds is 6. The highest BCUT2D eigenvalue weighted by atomic mass is 35.5. The zero-order valence-corrected chi connectivity index (χ0v) is 22.1. The number of hydrogen-bond donors (Lipinski definition) is 0. The molecule has 3 fully saturated rings. The lowest BCUT2D eigenvalue weighted by Gasteiger charge is -2.61. The molecule has 0 atom stereocenters. The summed E-state index contributed by atoms with van der Waals surface area (Å²) >= 11 is 6.30. The molecule has 2 aromatic carbocycles. The molecular formula is C27H27ClF4N6O. The highest BCUT2D eigenvalue weighted by Gasteiger charge is 2.54. The highest BCUT2D eigenvalue weighted by Crippen LogP contribution is 2.47. The van der Waals surface area contributed by atoms with Crippen LogP contribution in [0.15, 0.2) is 30.3 Å². The van der Waals surface area contributed by atoms with Crippen LogP contribution in [-0.4, -0.2) is 65.4 Å². The number of ether oxygens (including phenoxy) is 1. The van der Waals surface area contributed by atoms with E-state index in [9.17, 15) is 17.6 Å². The normalized spacial score (nSPS) is 20.3. The van der Waals surface area contributed by atoms with Crippen LogP contribution in [0.25, 0.3) is 5.69 Å². The van der Waals surface area contributed by atoms with Gasteiger partial charge in [-0.1, -0.05) is 11.6 Å². The fraction of sp³-hybridized carbons (Fsp3) is 0.481. The second-order valence-corrected chi connectivity index (χ2v) is 11.8. The fourth-order valence-electron chi connectivity index (χ4n) is 6.26. The molecule has 1 saturated carbocycles. The Kier molecular flexibility index (Phi) is 5.58. The average molecular weight is 563 g/mol. The number of halogens is 5. The first-order valence-electron chi connectivity index (χ1n) is 13.0. The first kappa shape index (κ1) is 25.0. The Morgan fingerprint density at radius 2 is 1.72 bits per heavy atom. The summed E-state index contributed by atoms with van der Waals surface area (Å²) in [5.41, 5.74) is 1.96. The Bertz CT molecular complexity index is 1450. The number of fused-ring (bicyclic) bond motifs is 3. The van der Waals surface area contributed by atoms with Gasteiger partial charge in [-0.05, 0) is 36.6 Å².